The molecular formula is C39H78O4S. The van der Waals surface area contributed by atoms with Gasteiger partial charge in [-0.2, -0.15) is 8.42 Å². The van der Waals surface area contributed by atoms with Crippen molar-refractivity contribution in [2.45, 2.75) is 226 Å². The topological polar surface area (TPSA) is 63.6 Å². The third kappa shape index (κ3) is 37.8. The van der Waals surface area contributed by atoms with Gasteiger partial charge in [-0.1, -0.05) is 219 Å². The summed E-state index contributed by atoms with van der Waals surface area (Å²) in [4.78, 5) is 0. The standard InChI is InChI=1S/C39H78O4S/c1-3-5-7-9-11-13-15-17-19-20-21-23-25-27-29-31-33-35-37-39(38-43-44(40,41)42)36-34-32-30-28-26-24-22-18-16-14-12-10-8-6-4-2/h34,36,39H,3-33,35,37-38H2,1-2H3,(H,40,41,42)/b36-34+. The van der Waals surface area contributed by atoms with E-state index in [4.69, 9.17) is 8.74 Å². The highest BCUT2D eigenvalue weighted by molar-refractivity contribution is 7.80. The van der Waals surface area contributed by atoms with Crippen molar-refractivity contribution in [3.63, 3.8) is 0 Å². The molecule has 0 amide bonds. The Hall–Kier alpha value is -0.390. The summed E-state index contributed by atoms with van der Waals surface area (Å²) in [5.41, 5.74) is 0. The molecule has 0 saturated heterocycles. The van der Waals surface area contributed by atoms with E-state index in [9.17, 15) is 8.42 Å². The van der Waals surface area contributed by atoms with Crippen LogP contribution in [0, 0.1) is 5.92 Å². The van der Waals surface area contributed by atoms with Crippen LogP contribution in [0.15, 0.2) is 12.2 Å². The van der Waals surface area contributed by atoms with Crippen LogP contribution in [-0.2, 0) is 14.6 Å². The van der Waals surface area contributed by atoms with Crippen LogP contribution < -0.4 is 0 Å². The average Bonchev–Trinajstić information content (AvgIpc) is 3.00. The first-order chi connectivity index (χ1) is 21.5. The average molecular weight is 643 g/mol. The van der Waals surface area contributed by atoms with Crippen LogP contribution in [-0.4, -0.2) is 19.6 Å². The summed E-state index contributed by atoms with van der Waals surface area (Å²) in [7, 11) is -4.38. The van der Waals surface area contributed by atoms with E-state index in [1.165, 1.54) is 193 Å². The normalized spacial score (nSPS) is 12.9. The molecule has 0 bridgehead atoms. The minimum atomic E-state index is -4.38. The Balaban J connectivity index is 3.71. The van der Waals surface area contributed by atoms with Crippen LogP contribution in [0.2, 0.25) is 0 Å². The number of allylic oxidation sites excluding steroid dienone is 1. The van der Waals surface area contributed by atoms with E-state index in [0.717, 1.165) is 19.3 Å². The Labute approximate surface area is 277 Å². The van der Waals surface area contributed by atoms with Gasteiger partial charge in [-0.25, -0.2) is 4.18 Å². The van der Waals surface area contributed by atoms with Gasteiger partial charge in [0, 0.05) is 5.92 Å². The smallest absolute Gasteiger partial charge is 0.264 e. The van der Waals surface area contributed by atoms with Crippen molar-refractivity contribution >= 4 is 10.4 Å². The SMILES string of the molecule is CCCCCCCCCCCCCCC/C=C/C(CCCCCCCCCCCCCCCCCCCC)COS(=O)(=O)O. The van der Waals surface area contributed by atoms with Crippen LogP contribution in [0.4, 0.5) is 0 Å². The minimum absolute atomic E-state index is 0.0485. The number of hydrogen-bond donors (Lipinski definition) is 1. The van der Waals surface area contributed by atoms with Gasteiger partial charge in [0.1, 0.15) is 0 Å². The maximum atomic E-state index is 11.1. The molecule has 0 aromatic heterocycles. The zero-order valence-corrected chi connectivity index (χ0v) is 30.7. The maximum Gasteiger partial charge on any atom is 0.397 e. The monoisotopic (exact) mass is 643 g/mol. The fraction of sp³-hybridized carbons (Fsp3) is 0.949. The van der Waals surface area contributed by atoms with Gasteiger partial charge in [-0.15, -0.1) is 0 Å². The summed E-state index contributed by atoms with van der Waals surface area (Å²) in [5.74, 6) is 0.0555. The second-order valence-corrected chi connectivity index (χ2v) is 14.8. The van der Waals surface area contributed by atoms with Crippen molar-refractivity contribution in [2.75, 3.05) is 6.61 Å². The van der Waals surface area contributed by atoms with Crippen LogP contribution in [0.5, 0.6) is 0 Å². The predicted molar refractivity (Wildman–Crippen MR) is 194 cm³/mol. The van der Waals surface area contributed by atoms with E-state index >= 15 is 0 Å². The molecule has 5 heteroatoms. The van der Waals surface area contributed by atoms with Crippen LogP contribution in [0.1, 0.15) is 226 Å². The fourth-order valence-corrected chi connectivity index (χ4v) is 6.63. The third-order valence-corrected chi connectivity index (χ3v) is 9.68. The van der Waals surface area contributed by atoms with E-state index in [1.54, 1.807) is 0 Å². The fourth-order valence-electron chi connectivity index (χ4n) is 6.29. The lowest BCUT2D eigenvalue weighted by Crippen LogP contribution is -2.12. The summed E-state index contributed by atoms with van der Waals surface area (Å²) in [5, 5.41) is 0. The Bertz CT molecular complexity index is 676. The lowest BCUT2D eigenvalue weighted by molar-refractivity contribution is 0.234. The zero-order valence-electron chi connectivity index (χ0n) is 29.9. The maximum absolute atomic E-state index is 11.1. The highest BCUT2D eigenvalue weighted by Gasteiger charge is 2.11. The Kier molecular flexibility index (Phi) is 35.1. The van der Waals surface area contributed by atoms with Gasteiger partial charge in [0.05, 0.1) is 6.61 Å². The molecule has 0 spiro atoms. The molecule has 1 unspecified atom stereocenters. The van der Waals surface area contributed by atoms with E-state index < -0.39 is 10.4 Å². The molecule has 0 aliphatic heterocycles. The van der Waals surface area contributed by atoms with Gasteiger partial charge in [0.15, 0.2) is 0 Å². The van der Waals surface area contributed by atoms with Gasteiger partial charge in [0.25, 0.3) is 0 Å². The van der Waals surface area contributed by atoms with E-state index in [2.05, 4.69) is 26.0 Å². The Morgan fingerprint density at radius 3 is 1.09 bits per heavy atom. The molecule has 0 aromatic rings. The van der Waals surface area contributed by atoms with Crippen molar-refractivity contribution in [1.82, 2.24) is 0 Å². The number of hydrogen-bond acceptors (Lipinski definition) is 3. The van der Waals surface area contributed by atoms with E-state index in [-0.39, 0.29) is 12.5 Å². The molecule has 0 fully saturated rings. The van der Waals surface area contributed by atoms with E-state index in [1.807, 2.05) is 0 Å². The minimum Gasteiger partial charge on any atom is -0.264 e. The van der Waals surface area contributed by atoms with Crippen molar-refractivity contribution in [3.05, 3.63) is 12.2 Å². The van der Waals surface area contributed by atoms with Crippen LogP contribution in [0.25, 0.3) is 0 Å². The first kappa shape index (κ1) is 43.6. The predicted octanol–water partition coefficient (Wildman–Crippen LogP) is 13.9. The van der Waals surface area contributed by atoms with Crippen molar-refractivity contribution in [1.29, 1.82) is 0 Å². The largest absolute Gasteiger partial charge is 0.397 e. The van der Waals surface area contributed by atoms with Gasteiger partial charge < -0.3 is 0 Å². The second-order valence-electron chi connectivity index (χ2n) is 13.7. The second kappa shape index (κ2) is 35.5. The van der Waals surface area contributed by atoms with Crippen molar-refractivity contribution in [2.24, 2.45) is 5.92 Å². The molecule has 0 heterocycles. The van der Waals surface area contributed by atoms with Gasteiger partial charge >= 0.3 is 10.4 Å². The highest BCUT2D eigenvalue weighted by atomic mass is 32.3. The molecule has 44 heavy (non-hydrogen) atoms. The summed E-state index contributed by atoms with van der Waals surface area (Å²) in [6, 6.07) is 0. The number of unbranched alkanes of at least 4 members (excludes halogenated alkanes) is 30. The van der Waals surface area contributed by atoms with Crippen LogP contribution in [0.3, 0.4) is 0 Å². The Morgan fingerprint density at radius 2 is 0.773 bits per heavy atom. The molecule has 4 nitrogen and oxygen atoms in total. The van der Waals surface area contributed by atoms with Crippen molar-refractivity contribution < 1.29 is 17.2 Å². The summed E-state index contributed by atoms with van der Waals surface area (Å²) >= 11 is 0. The first-order valence-corrected chi connectivity index (χ1v) is 21.1. The zero-order chi connectivity index (χ0) is 32.2. The molecular weight excluding hydrogens is 564 g/mol. The molecule has 0 aliphatic rings. The molecule has 0 aliphatic carbocycles. The lowest BCUT2D eigenvalue weighted by Gasteiger charge is -2.12. The summed E-state index contributed by atoms with van der Waals surface area (Å²) < 4.78 is 36.0. The summed E-state index contributed by atoms with van der Waals surface area (Å²) in [6.45, 7) is 4.61. The van der Waals surface area contributed by atoms with Crippen LogP contribution >= 0.6 is 0 Å². The first-order valence-electron chi connectivity index (χ1n) is 19.8. The quantitative estimate of drug-likeness (QED) is 0.0416. The van der Waals surface area contributed by atoms with Gasteiger partial charge in [-0.3, -0.25) is 4.55 Å². The molecule has 1 atom stereocenters. The molecule has 1 N–H and O–H groups in total. The molecule has 0 aromatic carbocycles. The van der Waals surface area contributed by atoms with Crippen molar-refractivity contribution in [3.8, 4) is 0 Å². The summed E-state index contributed by atoms with van der Waals surface area (Å²) in [6.07, 6.45) is 48.5. The Morgan fingerprint density at radius 1 is 0.477 bits per heavy atom. The third-order valence-electron chi connectivity index (χ3n) is 9.24. The van der Waals surface area contributed by atoms with E-state index in [0.29, 0.717) is 0 Å². The van der Waals surface area contributed by atoms with Gasteiger partial charge in [0.2, 0.25) is 0 Å². The van der Waals surface area contributed by atoms with Gasteiger partial charge in [-0.05, 0) is 19.3 Å². The lowest BCUT2D eigenvalue weighted by atomic mass is 9.99. The number of rotatable bonds is 37. The molecule has 264 valence electrons. The highest BCUT2D eigenvalue weighted by Crippen LogP contribution is 2.18. The molecule has 0 rings (SSSR count). The molecule has 0 radical (unpaired) electrons. The molecule has 0 saturated carbocycles.